The Hall–Kier alpha value is -1.81. The number of hydrogen-bond acceptors (Lipinski definition) is 4. The van der Waals surface area contributed by atoms with Crippen molar-refractivity contribution in [3.8, 4) is 5.75 Å². The van der Waals surface area contributed by atoms with Crippen LogP contribution in [0.5, 0.6) is 5.75 Å². The highest BCUT2D eigenvalue weighted by molar-refractivity contribution is 6.28. The van der Waals surface area contributed by atoms with E-state index in [0.29, 0.717) is 5.82 Å². The Morgan fingerprint density at radius 1 is 1.16 bits per heavy atom. The Morgan fingerprint density at radius 2 is 1.84 bits per heavy atom. The number of hydrogen-bond donors (Lipinski definition) is 1. The summed E-state index contributed by atoms with van der Waals surface area (Å²) in [5.74, 6) is 1.52. The number of anilines is 2. The maximum absolute atomic E-state index is 5.82. The zero-order chi connectivity index (χ0) is 13.8. The monoisotopic (exact) mass is 277 g/mol. The first-order valence-electron chi connectivity index (χ1n) is 6.08. The first-order chi connectivity index (χ1) is 9.02. The van der Waals surface area contributed by atoms with Crippen molar-refractivity contribution in [3.05, 3.63) is 41.3 Å². The lowest BCUT2D eigenvalue weighted by molar-refractivity contribution is 0.242. The summed E-state index contributed by atoms with van der Waals surface area (Å²) in [6.07, 6.45) is 0.169. The molecule has 0 saturated heterocycles. The second-order valence-electron chi connectivity index (χ2n) is 4.48. The molecule has 0 aliphatic heterocycles. The van der Waals surface area contributed by atoms with Crippen molar-refractivity contribution in [1.82, 2.24) is 9.97 Å². The largest absolute Gasteiger partial charge is 0.491 e. The maximum atomic E-state index is 5.82. The quantitative estimate of drug-likeness (QED) is 0.859. The van der Waals surface area contributed by atoms with Gasteiger partial charge in [-0.3, -0.25) is 0 Å². The van der Waals surface area contributed by atoms with E-state index >= 15 is 0 Å². The van der Waals surface area contributed by atoms with Crippen LogP contribution in [-0.2, 0) is 0 Å². The standard InChI is InChI=1S/C14H16ClN3O/c1-9(2)19-12-6-4-11(5-7-12)17-13-8-10(3)16-14(15)18-13/h4-9H,1-3H3,(H,16,17,18). The number of nitrogens with zero attached hydrogens (tertiary/aromatic N) is 2. The summed E-state index contributed by atoms with van der Waals surface area (Å²) < 4.78 is 5.58. The van der Waals surface area contributed by atoms with Crippen LogP contribution in [0.3, 0.4) is 0 Å². The molecule has 0 atom stereocenters. The molecule has 0 aliphatic carbocycles. The normalized spacial score (nSPS) is 10.6. The summed E-state index contributed by atoms with van der Waals surface area (Å²) in [6, 6.07) is 9.53. The molecule has 1 N–H and O–H groups in total. The Balaban J connectivity index is 2.10. The van der Waals surface area contributed by atoms with E-state index in [1.807, 2.05) is 51.1 Å². The fraction of sp³-hybridized carbons (Fsp3) is 0.286. The lowest BCUT2D eigenvalue weighted by atomic mass is 10.3. The lowest BCUT2D eigenvalue weighted by Gasteiger charge is -2.11. The molecule has 2 rings (SSSR count). The van der Waals surface area contributed by atoms with Gasteiger partial charge in [-0.1, -0.05) is 0 Å². The molecule has 0 radical (unpaired) electrons. The van der Waals surface area contributed by atoms with Gasteiger partial charge in [0, 0.05) is 17.4 Å². The number of benzene rings is 1. The zero-order valence-corrected chi connectivity index (χ0v) is 11.9. The van der Waals surface area contributed by atoms with Crippen LogP contribution in [0.4, 0.5) is 11.5 Å². The van der Waals surface area contributed by atoms with Crippen LogP contribution in [0.2, 0.25) is 5.28 Å². The number of nitrogens with one attached hydrogen (secondary N) is 1. The van der Waals surface area contributed by atoms with E-state index in [2.05, 4.69) is 15.3 Å². The van der Waals surface area contributed by atoms with Crippen LogP contribution in [0.25, 0.3) is 0 Å². The van der Waals surface area contributed by atoms with Crippen molar-refractivity contribution < 1.29 is 4.74 Å². The molecule has 0 bridgehead atoms. The van der Waals surface area contributed by atoms with Crippen LogP contribution < -0.4 is 10.1 Å². The van der Waals surface area contributed by atoms with E-state index in [0.717, 1.165) is 17.1 Å². The van der Waals surface area contributed by atoms with Crippen LogP contribution in [0.1, 0.15) is 19.5 Å². The van der Waals surface area contributed by atoms with Crippen LogP contribution in [-0.4, -0.2) is 16.1 Å². The number of ether oxygens (including phenoxy) is 1. The number of halogens is 1. The molecule has 0 unspecified atom stereocenters. The van der Waals surface area contributed by atoms with Gasteiger partial charge in [0.15, 0.2) is 0 Å². The average Bonchev–Trinajstić information content (AvgIpc) is 2.29. The summed E-state index contributed by atoms with van der Waals surface area (Å²) in [7, 11) is 0. The summed E-state index contributed by atoms with van der Waals surface area (Å²) in [5, 5.41) is 3.41. The van der Waals surface area contributed by atoms with E-state index in [-0.39, 0.29) is 11.4 Å². The smallest absolute Gasteiger partial charge is 0.224 e. The molecule has 0 spiro atoms. The fourth-order valence-electron chi connectivity index (χ4n) is 1.63. The minimum absolute atomic E-state index is 0.169. The molecular formula is C14H16ClN3O. The highest BCUT2D eigenvalue weighted by Crippen LogP contribution is 2.20. The van der Waals surface area contributed by atoms with Gasteiger partial charge in [-0.05, 0) is 56.6 Å². The van der Waals surface area contributed by atoms with Crippen LogP contribution >= 0.6 is 11.6 Å². The van der Waals surface area contributed by atoms with Gasteiger partial charge in [0.05, 0.1) is 6.10 Å². The molecule has 1 aromatic carbocycles. The molecule has 2 aromatic rings. The molecule has 0 saturated carbocycles. The molecule has 4 nitrogen and oxygen atoms in total. The number of rotatable bonds is 4. The number of aryl methyl sites for hydroxylation is 1. The minimum Gasteiger partial charge on any atom is -0.491 e. The SMILES string of the molecule is Cc1cc(Nc2ccc(OC(C)C)cc2)nc(Cl)n1. The van der Waals surface area contributed by atoms with Gasteiger partial charge < -0.3 is 10.1 Å². The second-order valence-corrected chi connectivity index (χ2v) is 4.82. The van der Waals surface area contributed by atoms with Crippen molar-refractivity contribution in [3.63, 3.8) is 0 Å². The van der Waals surface area contributed by atoms with Crippen molar-refractivity contribution >= 4 is 23.1 Å². The highest BCUT2D eigenvalue weighted by atomic mass is 35.5. The average molecular weight is 278 g/mol. The third-order valence-electron chi connectivity index (χ3n) is 2.33. The Kier molecular flexibility index (Phi) is 4.22. The predicted octanol–water partition coefficient (Wildman–Crippen LogP) is 3.97. The third-order valence-corrected chi connectivity index (χ3v) is 2.49. The fourth-order valence-corrected chi connectivity index (χ4v) is 1.86. The van der Waals surface area contributed by atoms with E-state index in [1.165, 1.54) is 0 Å². The molecule has 19 heavy (non-hydrogen) atoms. The van der Waals surface area contributed by atoms with Gasteiger partial charge in [0.25, 0.3) is 0 Å². The van der Waals surface area contributed by atoms with Gasteiger partial charge >= 0.3 is 0 Å². The predicted molar refractivity (Wildman–Crippen MR) is 77.3 cm³/mol. The van der Waals surface area contributed by atoms with Crippen LogP contribution in [0, 0.1) is 6.92 Å². The van der Waals surface area contributed by atoms with Crippen molar-refractivity contribution in [2.75, 3.05) is 5.32 Å². The third kappa shape index (κ3) is 4.10. The summed E-state index contributed by atoms with van der Waals surface area (Å²) in [6.45, 7) is 5.87. The van der Waals surface area contributed by atoms with Gasteiger partial charge in [0.1, 0.15) is 11.6 Å². The van der Waals surface area contributed by atoms with Gasteiger partial charge in [-0.15, -0.1) is 0 Å². The first-order valence-corrected chi connectivity index (χ1v) is 6.45. The topological polar surface area (TPSA) is 47.0 Å². The van der Waals surface area contributed by atoms with E-state index < -0.39 is 0 Å². The summed E-state index contributed by atoms with van der Waals surface area (Å²) in [5.41, 5.74) is 1.74. The highest BCUT2D eigenvalue weighted by Gasteiger charge is 2.02. The second kappa shape index (κ2) is 5.89. The Morgan fingerprint density at radius 3 is 2.42 bits per heavy atom. The number of aromatic nitrogens is 2. The van der Waals surface area contributed by atoms with Gasteiger partial charge in [-0.25, -0.2) is 9.97 Å². The van der Waals surface area contributed by atoms with E-state index in [4.69, 9.17) is 16.3 Å². The van der Waals surface area contributed by atoms with Gasteiger partial charge in [0.2, 0.25) is 5.28 Å². The van der Waals surface area contributed by atoms with Crippen molar-refractivity contribution in [2.45, 2.75) is 26.9 Å². The molecule has 1 heterocycles. The molecule has 5 heteroatoms. The summed E-state index contributed by atoms with van der Waals surface area (Å²) >= 11 is 5.82. The zero-order valence-electron chi connectivity index (χ0n) is 11.1. The molecule has 1 aromatic heterocycles. The van der Waals surface area contributed by atoms with E-state index in [1.54, 1.807) is 0 Å². The minimum atomic E-state index is 0.169. The van der Waals surface area contributed by atoms with Crippen molar-refractivity contribution in [2.24, 2.45) is 0 Å². The molecule has 0 fully saturated rings. The molecule has 100 valence electrons. The lowest BCUT2D eigenvalue weighted by Crippen LogP contribution is -2.05. The van der Waals surface area contributed by atoms with Gasteiger partial charge in [-0.2, -0.15) is 0 Å². The molecular weight excluding hydrogens is 262 g/mol. The Bertz CT molecular complexity index is 535. The Labute approximate surface area is 117 Å². The van der Waals surface area contributed by atoms with Crippen molar-refractivity contribution in [1.29, 1.82) is 0 Å². The maximum Gasteiger partial charge on any atom is 0.224 e. The first kappa shape index (κ1) is 13.6. The van der Waals surface area contributed by atoms with E-state index in [9.17, 15) is 0 Å². The van der Waals surface area contributed by atoms with Crippen LogP contribution in [0.15, 0.2) is 30.3 Å². The molecule has 0 amide bonds. The molecule has 0 aliphatic rings. The summed E-state index contributed by atoms with van der Waals surface area (Å²) in [4.78, 5) is 8.13.